The molecule has 0 atom stereocenters. The van der Waals surface area contributed by atoms with Gasteiger partial charge in [-0.3, -0.25) is 25.0 Å². The second-order valence-corrected chi connectivity index (χ2v) is 3.42. The third kappa shape index (κ3) is 1.85. The Morgan fingerprint density at radius 2 is 2.22 bits per heavy atom. The Hall–Kier alpha value is -2.58. The SMILES string of the molecule is CCOC(=O)c1nc2n(c(=O)c1O)CC(=O)NN2. The number of fused-ring (bicyclic) bond motifs is 1. The predicted octanol–water partition coefficient (Wildman–Crippen LogP) is -1.42. The van der Waals surface area contributed by atoms with Gasteiger partial charge in [-0.25, -0.2) is 9.78 Å². The molecule has 0 saturated heterocycles. The smallest absolute Gasteiger partial charge is 0.361 e. The maximum Gasteiger partial charge on any atom is 0.361 e. The Morgan fingerprint density at radius 3 is 2.89 bits per heavy atom. The quantitative estimate of drug-likeness (QED) is 0.553. The zero-order chi connectivity index (χ0) is 13.3. The molecular weight excluding hydrogens is 244 g/mol. The fourth-order valence-corrected chi connectivity index (χ4v) is 1.44. The summed E-state index contributed by atoms with van der Waals surface area (Å²) in [5, 5.41) is 9.58. The molecule has 2 rings (SSSR count). The molecule has 18 heavy (non-hydrogen) atoms. The maximum atomic E-state index is 11.7. The van der Waals surface area contributed by atoms with Crippen molar-refractivity contribution >= 4 is 17.8 Å². The first kappa shape index (κ1) is 11.9. The van der Waals surface area contributed by atoms with Crippen LogP contribution in [-0.4, -0.2) is 33.1 Å². The Bertz CT molecular complexity index is 579. The Kier molecular flexibility index (Phi) is 2.88. The van der Waals surface area contributed by atoms with Crippen molar-refractivity contribution in [2.75, 3.05) is 12.0 Å². The number of rotatable bonds is 2. The number of carbonyl (C=O) groups is 2. The maximum absolute atomic E-state index is 11.7. The second-order valence-electron chi connectivity index (χ2n) is 3.42. The molecule has 0 radical (unpaired) electrons. The molecule has 0 aromatic carbocycles. The largest absolute Gasteiger partial charge is 0.501 e. The first-order valence-electron chi connectivity index (χ1n) is 5.10. The average molecular weight is 254 g/mol. The van der Waals surface area contributed by atoms with Crippen molar-refractivity contribution in [1.29, 1.82) is 0 Å². The van der Waals surface area contributed by atoms with Gasteiger partial charge < -0.3 is 9.84 Å². The van der Waals surface area contributed by atoms with Crippen molar-refractivity contribution in [3.05, 3.63) is 16.0 Å². The molecule has 0 saturated carbocycles. The number of hydrogen-bond acceptors (Lipinski definition) is 7. The molecule has 1 amide bonds. The highest BCUT2D eigenvalue weighted by Crippen LogP contribution is 2.14. The lowest BCUT2D eigenvalue weighted by Crippen LogP contribution is -2.44. The fraction of sp³-hybridized carbons (Fsp3) is 0.333. The predicted molar refractivity (Wildman–Crippen MR) is 57.9 cm³/mol. The van der Waals surface area contributed by atoms with Crippen molar-refractivity contribution in [2.45, 2.75) is 13.5 Å². The number of carbonyl (C=O) groups excluding carboxylic acids is 2. The first-order valence-corrected chi connectivity index (χ1v) is 5.10. The van der Waals surface area contributed by atoms with Crippen molar-refractivity contribution in [3.63, 3.8) is 0 Å². The molecule has 0 unspecified atom stereocenters. The normalized spacial score (nSPS) is 13.3. The molecule has 1 aliphatic heterocycles. The van der Waals surface area contributed by atoms with Crippen LogP contribution in [0.3, 0.4) is 0 Å². The lowest BCUT2D eigenvalue weighted by molar-refractivity contribution is -0.121. The molecule has 9 heteroatoms. The summed E-state index contributed by atoms with van der Waals surface area (Å²) in [6.07, 6.45) is 0. The monoisotopic (exact) mass is 254 g/mol. The zero-order valence-electron chi connectivity index (χ0n) is 9.39. The average Bonchev–Trinajstić information content (AvgIpc) is 2.34. The number of anilines is 1. The minimum atomic E-state index is -0.908. The fourth-order valence-electron chi connectivity index (χ4n) is 1.44. The van der Waals surface area contributed by atoms with Gasteiger partial charge >= 0.3 is 5.97 Å². The lowest BCUT2D eigenvalue weighted by Gasteiger charge is -2.19. The Morgan fingerprint density at radius 1 is 1.50 bits per heavy atom. The van der Waals surface area contributed by atoms with Gasteiger partial charge in [0.25, 0.3) is 11.5 Å². The van der Waals surface area contributed by atoms with Crippen LogP contribution in [0.5, 0.6) is 5.75 Å². The number of aromatic hydroxyl groups is 1. The van der Waals surface area contributed by atoms with E-state index in [0.717, 1.165) is 4.57 Å². The number of hydrazine groups is 1. The molecule has 1 aliphatic rings. The van der Waals surface area contributed by atoms with Gasteiger partial charge in [0.05, 0.1) is 6.61 Å². The highest BCUT2D eigenvalue weighted by Gasteiger charge is 2.25. The van der Waals surface area contributed by atoms with E-state index in [1.54, 1.807) is 6.92 Å². The number of nitrogens with zero attached hydrogens (tertiary/aromatic N) is 2. The van der Waals surface area contributed by atoms with Crippen LogP contribution in [0, 0.1) is 0 Å². The summed E-state index contributed by atoms with van der Waals surface area (Å²) in [6.45, 7) is 1.38. The van der Waals surface area contributed by atoms with Crippen LogP contribution in [0.2, 0.25) is 0 Å². The van der Waals surface area contributed by atoms with E-state index < -0.39 is 28.9 Å². The lowest BCUT2D eigenvalue weighted by atomic mass is 10.3. The third-order valence-corrected chi connectivity index (χ3v) is 2.23. The standard InChI is InChI=1S/C9H10N4O5/c1-2-18-8(17)5-6(15)7(16)13-3-4(14)11-12-9(13)10-5/h15H,2-3H2,1H3,(H,10,12)(H,11,14). The highest BCUT2D eigenvalue weighted by atomic mass is 16.5. The number of hydrogen-bond donors (Lipinski definition) is 3. The van der Waals surface area contributed by atoms with Crippen molar-refractivity contribution in [1.82, 2.24) is 15.0 Å². The number of esters is 1. The van der Waals surface area contributed by atoms with Crippen LogP contribution in [0.4, 0.5) is 5.95 Å². The number of ether oxygens (including phenoxy) is 1. The van der Waals surface area contributed by atoms with Crippen molar-refractivity contribution in [3.8, 4) is 5.75 Å². The summed E-state index contributed by atoms with van der Waals surface area (Å²) in [5.41, 5.74) is 3.22. The molecular formula is C9H10N4O5. The van der Waals surface area contributed by atoms with E-state index in [1.807, 2.05) is 0 Å². The first-order chi connectivity index (χ1) is 8.54. The Balaban J connectivity index is 2.53. The molecule has 0 spiro atoms. The molecule has 2 heterocycles. The number of aromatic nitrogens is 2. The van der Waals surface area contributed by atoms with Gasteiger partial charge in [0.2, 0.25) is 11.7 Å². The number of nitrogens with one attached hydrogen (secondary N) is 2. The summed E-state index contributed by atoms with van der Waals surface area (Å²) in [4.78, 5) is 38.0. The summed E-state index contributed by atoms with van der Waals surface area (Å²) in [7, 11) is 0. The van der Waals surface area contributed by atoms with E-state index in [9.17, 15) is 19.5 Å². The summed E-state index contributed by atoms with van der Waals surface area (Å²) >= 11 is 0. The van der Waals surface area contributed by atoms with E-state index in [0.29, 0.717) is 0 Å². The minimum Gasteiger partial charge on any atom is -0.501 e. The molecule has 0 fully saturated rings. The van der Waals surface area contributed by atoms with Gasteiger partial charge in [0, 0.05) is 0 Å². The van der Waals surface area contributed by atoms with Gasteiger partial charge in [-0.05, 0) is 6.92 Å². The summed E-state index contributed by atoms with van der Waals surface area (Å²) < 4.78 is 5.56. The van der Waals surface area contributed by atoms with Crippen LogP contribution in [0.1, 0.15) is 17.4 Å². The van der Waals surface area contributed by atoms with E-state index in [4.69, 9.17) is 0 Å². The minimum absolute atomic E-state index is 0.0412. The molecule has 96 valence electrons. The van der Waals surface area contributed by atoms with Crippen molar-refractivity contribution < 1.29 is 19.4 Å². The second kappa shape index (κ2) is 4.35. The molecule has 0 aliphatic carbocycles. The topological polar surface area (TPSA) is 123 Å². The highest BCUT2D eigenvalue weighted by molar-refractivity contribution is 5.90. The van der Waals surface area contributed by atoms with E-state index in [1.165, 1.54) is 0 Å². The third-order valence-electron chi connectivity index (χ3n) is 2.23. The van der Waals surface area contributed by atoms with Crippen molar-refractivity contribution in [2.24, 2.45) is 0 Å². The van der Waals surface area contributed by atoms with Crippen LogP contribution in [0.15, 0.2) is 4.79 Å². The molecule has 1 aromatic heterocycles. The molecule has 1 aromatic rings. The van der Waals surface area contributed by atoms with E-state index in [-0.39, 0.29) is 19.1 Å². The van der Waals surface area contributed by atoms with Gasteiger partial charge in [-0.1, -0.05) is 0 Å². The van der Waals surface area contributed by atoms with Crippen LogP contribution < -0.4 is 16.4 Å². The van der Waals surface area contributed by atoms with Gasteiger partial charge in [0.15, 0.2) is 5.69 Å². The van der Waals surface area contributed by atoms with Gasteiger partial charge in [0.1, 0.15) is 6.54 Å². The Labute approximate surface area is 100 Å². The van der Waals surface area contributed by atoms with E-state index in [2.05, 4.69) is 20.6 Å². The van der Waals surface area contributed by atoms with Gasteiger partial charge in [-0.15, -0.1) is 0 Å². The molecule has 0 bridgehead atoms. The zero-order valence-corrected chi connectivity index (χ0v) is 9.39. The van der Waals surface area contributed by atoms with Gasteiger partial charge in [-0.2, -0.15) is 0 Å². The molecule has 9 nitrogen and oxygen atoms in total. The van der Waals surface area contributed by atoms with Crippen LogP contribution >= 0.6 is 0 Å². The summed E-state index contributed by atoms with van der Waals surface area (Å²) in [6, 6.07) is 0. The van der Waals surface area contributed by atoms with Crippen LogP contribution in [-0.2, 0) is 16.1 Å². The molecule has 3 N–H and O–H groups in total. The van der Waals surface area contributed by atoms with E-state index >= 15 is 0 Å². The number of amides is 1. The van der Waals surface area contributed by atoms with Crippen LogP contribution in [0.25, 0.3) is 0 Å². The summed E-state index contributed by atoms with van der Waals surface area (Å²) in [5.74, 6) is -2.25.